The molecule has 0 bridgehead atoms. The van der Waals surface area contributed by atoms with Gasteiger partial charge in [-0.3, -0.25) is 0 Å². The molecule has 4 heteroatoms. The van der Waals surface area contributed by atoms with E-state index in [1.165, 1.54) is 126 Å². The fourth-order valence-corrected chi connectivity index (χ4v) is 12.0. The molecule has 12 aromatic carbocycles. The molecule has 1 aliphatic carbocycles. The van der Waals surface area contributed by atoms with Gasteiger partial charge in [-0.15, -0.1) is 0 Å². The molecule has 0 radical (unpaired) electrons. The number of benzene rings is 12. The van der Waals surface area contributed by atoms with Crippen molar-refractivity contribution in [1.29, 1.82) is 0 Å². The Morgan fingerprint density at radius 2 is 0.662 bits per heavy atom. The number of fused-ring (bicyclic) bond motifs is 18. The van der Waals surface area contributed by atoms with Gasteiger partial charge in [0.2, 0.25) is 0 Å². The molecule has 0 unspecified atom stereocenters. The van der Waals surface area contributed by atoms with Gasteiger partial charge in [-0.2, -0.15) is 0 Å². The second kappa shape index (κ2) is 18.6. The summed E-state index contributed by atoms with van der Waals surface area (Å²) in [4.78, 5) is 0. The van der Waals surface area contributed by atoms with Crippen molar-refractivity contribution in [2.75, 3.05) is 0 Å². The van der Waals surface area contributed by atoms with Gasteiger partial charge in [-0.25, -0.2) is 0 Å². The van der Waals surface area contributed by atoms with Gasteiger partial charge in [-0.1, -0.05) is 236 Å². The van der Waals surface area contributed by atoms with Crippen LogP contribution in [0.15, 0.2) is 271 Å². The third-order valence-corrected chi connectivity index (χ3v) is 15.3. The summed E-state index contributed by atoms with van der Waals surface area (Å²) >= 11 is 3.31. The van der Waals surface area contributed by atoms with Crippen molar-refractivity contribution in [2.24, 2.45) is 0 Å². The lowest BCUT2D eigenvalue weighted by Crippen LogP contribution is -1.98. The summed E-state index contributed by atoms with van der Waals surface area (Å²) in [5.41, 5.74) is 16.8. The average Bonchev–Trinajstić information content (AvgIpc) is 4.33. The number of aromatic nitrogens is 3. The summed E-state index contributed by atoms with van der Waals surface area (Å²) in [6, 6.07) is 95.7. The van der Waals surface area contributed by atoms with Crippen molar-refractivity contribution in [1.82, 2.24) is 13.7 Å². The van der Waals surface area contributed by atoms with E-state index in [0.29, 0.717) is 0 Å². The van der Waals surface area contributed by atoms with Crippen LogP contribution in [0.5, 0.6) is 0 Å². The summed E-state index contributed by atoms with van der Waals surface area (Å²) in [5, 5.41) is 12.9. The van der Waals surface area contributed by atoms with Crippen LogP contribution in [-0.4, -0.2) is 13.7 Å². The first-order chi connectivity index (χ1) is 36.2. The predicted octanol–water partition coefficient (Wildman–Crippen LogP) is 19.6. The van der Waals surface area contributed by atoms with E-state index in [1.54, 1.807) is 0 Å². The summed E-state index contributed by atoms with van der Waals surface area (Å²) in [5.74, 6) is 0. The molecule has 16 rings (SSSR count). The van der Waals surface area contributed by atoms with E-state index >= 15 is 0 Å². The van der Waals surface area contributed by atoms with Gasteiger partial charge in [0.15, 0.2) is 0 Å². The van der Waals surface area contributed by atoms with Gasteiger partial charge < -0.3 is 13.7 Å². The van der Waals surface area contributed by atoms with Gasteiger partial charge >= 0.3 is 0 Å². The summed E-state index contributed by atoms with van der Waals surface area (Å²) in [6.45, 7) is 0. The van der Waals surface area contributed by atoms with Crippen molar-refractivity contribution >= 4 is 103 Å². The van der Waals surface area contributed by atoms with Gasteiger partial charge in [0.25, 0.3) is 0 Å². The molecular weight excluding hydrogens is 963 g/mol. The highest BCUT2D eigenvalue weighted by molar-refractivity contribution is 9.10. The number of hydrogen-bond acceptors (Lipinski definition) is 0. The third-order valence-electron chi connectivity index (χ3n) is 14.8. The van der Waals surface area contributed by atoms with Crippen LogP contribution in [0.1, 0.15) is 18.6 Å². The van der Waals surface area contributed by atoms with Crippen molar-refractivity contribution in [3.05, 3.63) is 283 Å². The zero-order valence-electron chi connectivity index (χ0n) is 39.8. The van der Waals surface area contributed by atoms with Crippen LogP contribution in [0, 0.1) is 0 Å². The van der Waals surface area contributed by atoms with E-state index in [0.717, 1.165) is 10.9 Å². The SMILES string of the molecule is Brc1ccccc1.C.c1ccc(-n2c3c4c(ccc3c3ccc5ccccc5c32)-c2ccccc2C4)cc1.c1ccc(-n2c3ccccc3c3ccc4c5ccc6ccccc6c5n(-c5ccccc5)c4c32)cc1. The van der Waals surface area contributed by atoms with E-state index < -0.39 is 0 Å². The number of halogens is 1. The molecule has 0 spiro atoms. The Balaban J connectivity index is 0.000000126. The lowest BCUT2D eigenvalue weighted by atomic mass is 10.0. The average molecular weight is 1010 g/mol. The van der Waals surface area contributed by atoms with E-state index in [9.17, 15) is 0 Å². The van der Waals surface area contributed by atoms with Crippen LogP contribution in [-0.2, 0) is 6.42 Å². The maximum atomic E-state index is 3.31. The van der Waals surface area contributed by atoms with E-state index in [1.807, 2.05) is 30.3 Å². The summed E-state index contributed by atoms with van der Waals surface area (Å²) < 4.78 is 8.55. The Bertz CT molecular complexity index is 4570. The van der Waals surface area contributed by atoms with Crippen molar-refractivity contribution in [3.8, 4) is 28.2 Å². The molecule has 0 N–H and O–H groups in total. The molecule has 0 saturated carbocycles. The highest BCUT2D eigenvalue weighted by Gasteiger charge is 2.26. The standard InChI is InChI=1S/C34H22N2.C29H19N.C6H5Br.CH4/c1-3-12-24(13-4-1)35-31-18-10-9-17-27(31)28-21-22-30-29-20-19-23-11-7-8-16-26(23)32(29)36(34(30)33(28)35)25-14-5-2-6-15-25;1-2-10-21(11-3-1)30-28-23-13-7-4-8-19(23)14-15-25(28)26-17-16-24-22-12-6-5-9-20(22)18-27(24)29(26)30;7-6-4-2-1-3-5-6;/h1-22H;1-17H,18H2;1-5H;1H4. The maximum Gasteiger partial charge on any atom is 0.0789 e. The summed E-state index contributed by atoms with van der Waals surface area (Å²) in [7, 11) is 0. The first-order valence-electron chi connectivity index (χ1n) is 25.0. The Morgan fingerprint density at radius 3 is 1.23 bits per heavy atom. The molecule has 352 valence electrons. The van der Waals surface area contributed by atoms with Crippen molar-refractivity contribution < 1.29 is 0 Å². The number of para-hydroxylation sites is 4. The van der Waals surface area contributed by atoms with Gasteiger partial charge in [-0.05, 0) is 87.6 Å². The Labute approximate surface area is 438 Å². The third kappa shape index (κ3) is 7.24. The minimum atomic E-state index is 0. The van der Waals surface area contributed by atoms with E-state index in [4.69, 9.17) is 0 Å². The zero-order valence-corrected chi connectivity index (χ0v) is 41.4. The van der Waals surface area contributed by atoms with E-state index in [2.05, 4.69) is 266 Å². The topological polar surface area (TPSA) is 14.8 Å². The lowest BCUT2D eigenvalue weighted by Gasteiger charge is -2.13. The Hall–Kier alpha value is -8.96. The normalized spacial score (nSPS) is 11.7. The first-order valence-corrected chi connectivity index (χ1v) is 25.8. The first kappa shape index (κ1) is 44.9. The molecule has 0 atom stereocenters. The second-order valence-corrected chi connectivity index (χ2v) is 19.8. The molecule has 0 fully saturated rings. The van der Waals surface area contributed by atoms with Crippen LogP contribution >= 0.6 is 15.9 Å². The van der Waals surface area contributed by atoms with Gasteiger partial charge in [0.1, 0.15) is 0 Å². The molecule has 1 aliphatic rings. The molecule has 3 nitrogen and oxygen atoms in total. The molecule has 0 saturated heterocycles. The smallest absolute Gasteiger partial charge is 0.0789 e. The molecule has 3 heterocycles. The largest absolute Gasteiger partial charge is 0.308 e. The molecule has 0 aliphatic heterocycles. The number of nitrogens with zero attached hydrogens (tertiary/aromatic N) is 3. The fraction of sp³-hybridized carbons (Fsp3) is 0.0286. The Kier molecular flexibility index (Phi) is 11.3. The Morgan fingerprint density at radius 1 is 0.270 bits per heavy atom. The highest BCUT2D eigenvalue weighted by atomic mass is 79.9. The zero-order chi connectivity index (χ0) is 48.4. The van der Waals surface area contributed by atoms with Crippen molar-refractivity contribution in [2.45, 2.75) is 13.8 Å². The fourth-order valence-electron chi connectivity index (χ4n) is 11.7. The van der Waals surface area contributed by atoms with Crippen LogP contribution in [0.2, 0.25) is 0 Å². The minimum Gasteiger partial charge on any atom is -0.308 e. The van der Waals surface area contributed by atoms with Crippen LogP contribution in [0.3, 0.4) is 0 Å². The van der Waals surface area contributed by atoms with Gasteiger partial charge in [0.05, 0.1) is 33.1 Å². The molecule has 74 heavy (non-hydrogen) atoms. The predicted molar refractivity (Wildman–Crippen MR) is 320 cm³/mol. The van der Waals surface area contributed by atoms with Crippen LogP contribution < -0.4 is 0 Å². The van der Waals surface area contributed by atoms with Crippen LogP contribution in [0.4, 0.5) is 0 Å². The minimum absolute atomic E-state index is 0. The molecule has 15 aromatic rings. The van der Waals surface area contributed by atoms with E-state index in [-0.39, 0.29) is 7.43 Å². The monoisotopic (exact) mass is 1010 g/mol. The quantitative estimate of drug-likeness (QED) is 0.168. The molecular formula is C70H50BrN3. The lowest BCUT2D eigenvalue weighted by molar-refractivity contribution is 1.15. The summed E-state index contributed by atoms with van der Waals surface area (Å²) in [6.07, 6.45) is 0.990. The van der Waals surface area contributed by atoms with Gasteiger partial charge in [0, 0.05) is 71.0 Å². The molecule has 0 amide bonds. The maximum absolute atomic E-state index is 3.31. The number of rotatable bonds is 3. The van der Waals surface area contributed by atoms with Crippen molar-refractivity contribution in [3.63, 3.8) is 0 Å². The van der Waals surface area contributed by atoms with Crippen LogP contribution in [0.25, 0.3) is 115 Å². The second-order valence-electron chi connectivity index (χ2n) is 18.9. The number of hydrogen-bond donors (Lipinski definition) is 0. The molecule has 3 aromatic heterocycles. The highest BCUT2D eigenvalue weighted by Crippen LogP contribution is 2.46.